The van der Waals surface area contributed by atoms with Gasteiger partial charge >= 0.3 is 0 Å². The highest BCUT2D eigenvalue weighted by molar-refractivity contribution is 7.89. The van der Waals surface area contributed by atoms with Crippen molar-refractivity contribution in [1.82, 2.24) is 4.31 Å². The van der Waals surface area contributed by atoms with E-state index >= 15 is 0 Å². The van der Waals surface area contributed by atoms with Crippen LogP contribution in [-0.2, 0) is 10.0 Å². The van der Waals surface area contributed by atoms with Gasteiger partial charge in [-0.1, -0.05) is 18.2 Å². The van der Waals surface area contributed by atoms with Crippen molar-refractivity contribution in [1.29, 1.82) is 5.26 Å². The average Bonchev–Trinajstić information content (AvgIpc) is 2.63. The Hall–Kier alpha value is -2.36. The van der Waals surface area contributed by atoms with Crippen LogP contribution in [0.4, 0.5) is 5.69 Å². The van der Waals surface area contributed by atoms with Gasteiger partial charge in [0.15, 0.2) is 0 Å². The van der Waals surface area contributed by atoms with E-state index < -0.39 is 10.0 Å². The fourth-order valence-corrected chi connectivity index (χ4v) is 4.12. The largest absolute Gasteiger partial charge is 0.369 e. The van der Waals surface area contributed by atoms with Crippen molar-refractivity contribution in [2.24, 2.45) is 0 Å². The maximum absolute atomic E-state index is 12.6. The van der Waals surface area contributed by atoms with E-state index in [1.807, 2.05) is 18.2 Å². The van der Waals surface area contributed by atoms with Gasteiger partial charge in [-0.25, -0.2) is 8.42 Å². The van der Waals surface area contributed by atoms with Gasteiger partial charge in [0.2, 0.25) is 10.0 Å². The Balaban J connectivity index is 1.70. The number of hydrogen-bond acceptors (Lipinski definition) is 4. The van der Waals surface area contributed by atoms with Crippen molar-refractivity contribution < 1.29 is 8.42 Å². The SMILES string of the molecule is N#Cc1ccc(N2CCN(S(=O)(=O)c3ccccc3)CC2)cc1. The summed E-state index contributed by atoms with van der Waals surface area (Å²) in [4.78, 5) is 2.48. The standard InChI is InChI=1S/C17H17N3O2S/c18-14-15-6-8-16(9-7-15)19-10-12-20(13-11-19)23(21,22)17-4-2-1-3-5-17/h1-9H,10-13H2. The lowest BCUT2D eigenvalue weighted by molar-refractivity contribution is 0.385. The summed E-state index contributed by atoms with van der Waals surface area (Å²) in [5.41, 5.74) is 1.64. The number of piperazine rings is 1. The Morgan fingerprint density at radius 3 is 2.04 bits per heavy atom. The molecule has 0 spiro atoms. The van der Waals surface area contributed by atoms with Gasteiger partial charge in [0, 0.05) is 31.9 Å². The van der Waals surface area contributed by atoms with Crippen LogP contribution in [0.2, 0.25) is 0 Å². The minimum Gasteiger partial charge on any atom is -0.369 e. The summed E-state index contributed by atoms with van der Waals surface area (Å²) in [7, 11) is -3.41. The number of sulfonamides is 1. The summed E-state index contributed by atoms with van der Waals surface area (Å²) in [6, 6.07) is 18.0. The van der Waals surface area contributed by atoms with Crippen LogP contribution in [-0.4, -0.2) is 38.9 Å². The lowest BCUT2D eigenvalue weighted by Gasteiger charge is -2.35. The van der Waals surface area contributed by atoms with Crippen molar-refractivity contribution in [3.8, 4) is 6.07 Å². The van der Waals surface area contributed by atoms with Crippen LogP contribution in [0.5, 0.6) is 0 Å². The van der Waals surface area contributed by atoms with E-state index in [0.717, 1.165) is 5.69 Å². The lowest BCUT2D eigenvalue weighted by Crippen LogP contribution is -2.48. The second-order valence-electron chi connectivity index (χ2n) is 5.36. The maximum atomic E-state index is 12.6. The van der Waals surface area contributed by atoms with E-state index in [1.165, 1.54) is 4.31 Å². The molecule has 5 nitrogen and oxygen atoms in total. The third-order valence-corrected chi connectivity index (χ3v) is 5.89. The van der Waals surface area contributed by atoms with E-state index in [0.29, 0.717) is 36.6 Å². The summed E-state index contributed by atoms with van der Waals surface area (Å²) in [6.45, 7) is 2.18. The van der Waals surface area contributed by atoms with Crippen LogP contribution < -0.4 is 4.90 Å². The van der Waals surface area contributed by atoms with Crippen molar-refractivity contribution in [2.45, 2.75) is 4.90 Å². The minimum absolute atomic E-state index is 0.340. The molecule has 6 heteroatoms. The smallest absolute Gasteiger partial charge is 0.243 e. The van der Waals surface area contributed by atoms with Gasteiger partial charge in [-0.05, 0) is 36.4 Å². The quantitative estimate of drug-likeness (QED) is 0.866. The van der Waals surface area contributed by atoms with Crippen LogP contribution in [0.1, 0.15) is 5.56 Å². The molecule has 23 heavy (non-hydrogen) atoms. The molecule has 0 bridgehead atoms. The second kappa shape index (κ2) is 6.41. The third-order valence-electron chi connectivity index (χ3n) is 3.98. The molecule has 0 unspecified atom stereocenters. The molecule has 0 saturated carbocycles. The first-order valence-electron chi connectivity index (χ1n) is 7.41. The van der Waals surface area contributed by atoms with Gasteiger partial charge in [0.25, 0.3) is 0 Å². The van der Waals surface area contributed by atoms with E-state index in [-0.39, 0.29) is 0 Å². The zero-order valence-electron chi connectivity index (χ0n) is 12.6. The molecule has 118 valence electrons. The fourth-order valence-electron chi connectivity index (χ4n) is 2.67. The van der Waals surface area contributed by atoms with Crippen LogP contribution in [0.25, 0.3) is 0 Å². The highest BCUT2D eigenvalue weighted by Gasteiger charge is 2.28. The van der Waals surface area contributed by atoms with E-state index in [2.05, 4.69) is 11.0 Å². The van der Waals surface area contributed by atoms with Gasteiger partial charge in [-0.2, -0.15) is 9.57 Å². The predicted octanol–water partition coefficient (Wildman–Crippen LogP) is 2.07. The molecule has 1 heterocycles. The second-order valence-corrected chi connectivity index (χ2v) is 7.30. The van der Waals surface area contributed by atoms with Gasteiger partial charge in [-0.15, -0.1) is 0 Å². The monoisotopic (exact) mass is 327 g/mol. The highest BCUT2D eigenvalue weighted by Crippen LogP contribution is 2.21. The first-order valence-corrected chi connectivity index (χ1v) is 8.85. The summed E-state index contributed by atoms with van der Waals surface area (Å²) in [5.74, 6) is 0. The molecule has 3 rings (SSSR count). The van der Waals surface area contributed by atoms with Crippen LogP contribution >= 0.6 is 0 Å². The summed E-state index contributed by atoms with van der Waals surface area (Å²) >= 11 is 0. The zero-order valence-corrected chi connectivity index (χ0v) is 13.4. The summed E-state index contributed by atoms with van der Waals surface area (Å²) in [5, 5.41) is 8.83. The molecule has 0 atom stereocenters. The molecule has 1 saturated heterocycles. The Bertz CT molecular complexity index is 803. The third kappa shape index (κ3) is 3.21. The van der Waals surface area contributed by atoms with Crippen LogP contribution in [0.15, 0.2) is 59.5 Å². The molecular weight excluding hydrogens is 310 g/mol. The van der Waals surface area contributed by atoms with Gasteiger partial charge in [0.05, 0.1) is 16.5 Å². The normalized spacial score (nSPS) is 16.0. The zero-order chi connectivity index (χ0) is 16.3. The average molecular weight is 327 g/mol. The Kier molecular flexibility index (Phi) is 4.33. The topological polar surface area (TPSA) is 64.4 Å². The predicted molar refractivity (Wildman–Crippen MR) is 88.6 cm³/mol. The minimum atomic E-state index is -3.41. The molecule has 0 radical (unpaired) electrons. The van der Waals surface area contributed by atoms with Crippen molar-refractivity contribution in [2.75, 3.05) is 31.1 Å². The Labute approximate surface area is 136 Å². The molecule has 1 aliphatic rings. The Morgan fingerprint density at radius 1 is 0.870 bits per heavy atom. The number of benzene rings is 2. The molecule has 0 aromatic heterocycles. The first kappa shape index (κ1) is 15.5. The van der Waals surface area contributed by atoms with Gasteiger partial charge in [-0.3, -0.25) is 0 Å². The van der Waals surface area contributed by atoms with Crippen molar-refractivity contribution in [3.05, 3.63) is 60.2 Å². The fraction of sp³-hybridized carbons (Fsp3) is 0.235. The first-order chi connectivity index (χ1) is 11.1. The summed E-state index contributed by atoms with van der Waals surface area (Å²) in [6.07, 6.45) is 0. The summed E-state index contributed by atoms with van der Waals surface area (Å²) < 4.78 is 26.7. The molecule has 0 amide bonds. The number of anilines is 1. The number of hydrogen-bond donors (Lipinski definition) is 0. The van der Waals surface area contributed by atoms with Crippen molar-refractivity contribution in [3.63, 3.8) is 0 Å². The molecular formula is C17H17N3O2S. The van der Waals surface area contributed by atoms with Gasteiger partial charge < -0.3 is 4.90 Å². The molecule has 2 aromatic rings. The van der Waals surface area contributed by atoms with Crippen LogP contribution in [0.3, 0.4) is 0 Å². The van der Waals surface area contributed by atoms with E-state index in [9.17, 15) is 8.42 Å². The van der Waals surface area contributed by atoms with E-state index in [4.69, 9.17) is 5.26 Å². The number of rotatable bonds is 3. The molecule has 1 fully saturated rings. The van der Waals surface area contributed by atoms with Crippen LogP contribution in [0, 0.1) is 11.3 Å². The molecule has 1 aliphatic heterocycles. The van der Waals surface area contributed by atoms with Gasteiger partial charge in [0.1, 0.15) is 0 Å². The number of nitriles is 1. The maximum Gasteiger partial charge on any atom is 0.243 e. The number of nitrogens with zero attached hydrogens (tertiary/aromatic N) is 3. The molecule has 2 aromatic carbocycles. The molecule has 0 N–H and O–H groups in total. The van der Waals surface area contributed by atoms with E-state index in [1.54, 1.807) is 36.4 Å². The molecule has 0 aliphatic carbocycles. The highest BCUT2D eigenvalue weighted by atomic mass is 32.2. The van der Waals surface area contributed by atoms with Crippen molar-refractivity contribution >= 4 is 15.7 Å². The lowest BCUT2D eigenvalue weighted by atomic mass is 10.2. The Morgan fingerprint density at radius 2 is 1.48 bits per heavy atom.